The quantitative estimate of drug-likeness (QED) is 0.498. The Kier molecular flexibility index (Phi) is 4.25. The molecule has 1 N–H and O–H groups in total. The molecule has 1 aromatic carbocycles. The number of carbonyl (C=O) groups excluding carboxylic acids is 1. The molecule has 1 atom stereocenters. The average molecular weight is 243 g/mol. The molecule has 0 spiro atoms. The van der Waals surface area contributed by atoms with Crippen molar-refractivity contribution in [2.45, 2.75) is 13.0 Å². The van der Waals surface area contributed by atoms with E-state index in [9.17, 15) is 14.9 Å². The third-order valence-electron chi connectivity index (χ3n) is 1.95. The van der Waals surface area contributed by atoms with Crippen LogP contribution in [0, 0.1) is 10.1 Å². The SMILES string of the molecule is CC(CCl)NC(=O)c1ccc([N+](=O)[O-])cc1. The van der Waals surface area contributed by atoms with E-state index in [-0.39, 0.29) is 17.6 Å². The molecule has 0 aromatic heterocycles. The third-order valence-corrected chi connectivity index (χ3v) is 2.41. The lowest BCUT2D eigenvalue weighted by Gasteiger charge is -2.09. The first-order valence-electron chi connectivity index (χ1n) is 4.66. The van der Waals surface area contributed by atoms with E-state index >= 15 is 0 Å². The highest BCUT2D eigenvalue weighted by atomic mass is 35.5. The first kappa shape index (κ1) is 12.4. The normalized spacial score (nSPS) is 11.9. The average Bonchev–Trinajstić information content (AvgIpc) is 2.28. The predicted octanol–water partition coefficient (Wildman–Crippen LogP) is 1.95. The second-order valence-corrected chi connectivity index (χ2v) is 3.64. The maximum atomic E-state index is 11.6. The van der Waals surface area contributed by atoms with Crippen LogP contribution in [0.1, 0.15) is 17.3 Å². The summed E-state index contributed by atoms with van der Waals surface area (Å²) in [6.45, 7) is 1.77. The molecule has 0 radical (unpaired) electrons. The Bertz CT molecular complexity index is 392. The maximum Gasteiger partial charge on any atom is 0.269 e. The molecule has 1 aromatic rings. The highest BCUT2D eigenvalue weighted by Crippen LogP contribution is 2.11. The zero-order chi connectivity index (χ0) is 12.1. The van der Waals surface area contributed by atoms with Gasteiger partial charge in [0.1, 0.15) is 0 Å². The molecule has 6 heteroatoms. The fourth-order valence-electron chi connectivity index (χ4n) is 1.08. The molecule has 0 heterocycles. The van der Waals surface area contributed by atoms with Crippen LogP contribution in [-0.4, -0.2) is 22.8 Å². The van der Waals surface area contributed by atoms with Crippen molar-refractivity contribution in [1.29, 1.82) is 0 Å². The first-order valence-corrected chi connectivity index (χ1v) is 5.19. The molecule has 0 fully saturated rings. The summed E-state index contributed by atoms with van der Waals surface area (Å²) in [4.78, 5) is 21.4. The van der Waals surface area contributed by atoms with Crippen LogP contribution in [0.5, 0.6) is 0 Å². The van der Waals surface area contributed by atoms with Crippen LogP contribution in [0.15, 0.2) is 24.3 Å². The van der Waals surface area contributed by atoms with E-state index in [4.69, 9.17) is 11.6 Å². The van der Waals surface area contributed by atoms with Crippen LogP contribution in [-0.2, 0) is 0 Å². The van der Waals surface area contributed by atoms with E-state index in [0.717, 1.165) is 0 Å². The maximum absolute atomic E-state index is 11.6. The van der Waals surface area contributed by atoms with Gasteiger partial charge in [0.25, 0.3) is 11.6 Å². The summed E-state index contributed by atoms with van der Waals surface area (Å²) < 4.78 is 0. The lowest BCUT2D eigenvalue weighted by Crippen LogP contribution is -2.33. The molecule has 0 saturated carbocycles. The number of halogens is 1. The Morgan fingerprint density at radius 3 is 2.50 bits per heavy atom. The molecule has 0 aliphatic carbocycles. The molecule has 1 unspecified atom stereocenters. The van der Waals surface area contributed by atoms with Crippen LogP contribution in [0.2, 0.25) is 0 Å². The van der Waals surface area contributed by atoms with Gasteiger partial charge in [-0.2, -0.15) is 0 Å². The molecule has 16 heavy (non-hydrogen) atoms. The van der Waals surface area contributed by atoms with Crippen molar-refractivity contribution in [2.24, 2.45) is 0 Å². The van der Waals surface area contributed by atoms with Gasteiger partial charge in [-0.25, -0.2) is 0 Å². The standard InChI is InChI=1S/C10H11ClN2O3/c1-7(6-11)12-10(14)8-2-4-9(5-3-8)13(15)16/h2-5,7H,6H2,1H3,(H,12,14). The number of benzene rings is 1. The van der Waals surface area contributed by atoms with Gasteiger partial charge in [0.15, 0.2) is 0 Å². The summed E-state index contributed by atoms with van der Waals surface area (Å²) in [5.41, 5.74) is 0.338. The molecule has 0 bridgehead atoms. The zero-order valence-electron chi connectivity index (χ0n) is 8.64. The van der Waals surface area contributed by atoms with Gasteiger partial charge >= 0.3 is 0 Å². The summed E-state index contributed by atoms with van der Waals surface area (Å²) in [6, 6.07) is 5.27. The monoisotopic (exact) mass is 242 g/mol. The third kappa shape index (κ3) is 3.20. The van der Waals surface area contributed by atoms with Crippen molar-refractivity contribution in [2.75, 3.05) is 5.88 Å². The number of carbonyl (C=O) groups is 1. The van der Waals surface area contributed by atoms with Gasteiger partial charge in [0, 0.05) is 29.6 Å². The molecular formula is C10H11ClN2O3. The molecule has 1 amide bonds. The van der Waals surface area contributed by atoms with E-state index in [1.54, 1.807) is 6.92 Å². The summed E-state index contributed by atoms with van der Waals surface area (Å²) in [5, 5.41) is 13.0. The smallest absolute Gasteiger partial charge is 0.269 e. The largest absolute Gasteiger partial charge is 0.348 e. The molecule has 5 nitrogen and oxygen atoms in total. The number of amides is 1. The van der Waals surface area contributed by atoms with Gasteiger partial charge in [0.2, 0.25) is 0 Å². The minimum atomic E-state index is -0.511. The number of non-ortho nitro benzene ring substituents is 1. The molecule has 1 rings (SSSR count). The van der Waals surface area contributed by atoms with Gasteiger partial charge in [-0.05, 0) is 19.1 Å². The van der Waals surface area contributed by atoms with E-state index in [1.807, 2.05) is 0 Å². The summed E-state index contributed by atoms with van der Waals surface area (Å²) in [6.07, 6.45) is 0. The van der Waals surface area contributed by atoms with E-state index in [2.05, 4.69) is 5.32 Å². The van der Waals surface area contributed by atoms with Gasteiger partial charge in [0.05, 0.1) is 4.92 Å². The molecule has 86 valence electrons. The van der Waals surface area contributed by atoms with Gasteiger partial charge in [-0.15, -0.1) is 11.6 Å². The first-order chi connectivity index (χ1) is 7.54. The number of hydrogen-bond acceptors (Lipinski definition) is 3. The summed E-state index contributed by atoms with van der Waals surface area (Å²) in [5.74, 6) is 0.0293. The van der Waals surface area contributed by atoms with Crippen LogP contribution in [0.4, 0.5) is 5.69 Å². The molecule has 0 aliphatic heterocycles. The topological polar surface area (TPSA) is 72.2 Å². The van der Waals surface area contributed by atoms with Crippen molar-refractivity contribution in [3.05, 3.63) is 39.9 Å². The van der Waals surface area contributed by atoms with Crippen LogP contribution in [0.3, 0.4) is 0 Å². The highest BCUT2D eigenvalue weighted by molar-refractivity contribution is 6.18. The van der Waals surface area contributed by atoms with E-state index < -0.39 is 4.92 Å². The lowest BCUT2D eigenvalue weighted by atomic mass is 10.2. The van der Waals surface area contributed by atoms with Crippen molar-refractivity contribution in [1.82, 2.24) is 5.32 Å². The fourth-order valence-corrected chi connectivity index (χ4v) is 1.16. The predicted molar refractivity (Wildman–Crippen MR) is 60.7 cm³/mol. The number of nitro groups is 1. The van der Waals surface area contributed by atoms with Crippen molar-refractivity contribution < 1.29 is 9.72 Å². The van der Waals surface area contributed by atoms with E-state index in [0.29, 0.717) is 11.4 Å². The van der Waals surface area contributed by atoms with Crippen LogP contribution >= 0.6 is 11.6 Å². The number of nitrogens with one attached hydrogen (secondary N) is 1. The molecular weight excluding hydrogens is 232 g/mol. The number of alkyl halides is 1. The van der Waals surface area contributed by atoms with Crippen LogP contribution in [0.25, 0.3) is 0 Å². The molecule has 0 aliphatic rings. The fraction of sp³-hybridized carbons (Fsp3) is 0.300. The number of nitro benzene ring substituents is 1. The van der Waals surface area contributed by atoms with Crippen molar-refractivity contribution in [3.8, 4) is 0 Å². The zero-order valence-corrected chi connectivity index (χ0v) is 9.40. The van der Waals surface area contributed by atoms with Gasteiger partial charge in [-0.3, -0.25) is 14.9 Å². The van der Waals surface area contributed by atoms with Crippen molar-refractivity contribution >= 4 is 23.2 Å². The Balaban J connectivity index is 2.74. The van der Waals surface area contributed by atoms with Gasteiger partial charge in [-0.1, -0.05) is 0 Å². The van der Waals surface area contributed by atoms with Crippen molar-refractivity contribution in [3.63, 3.8) is 0 Å². The lowest BCUT2D eigenvalue weighted by molar-refractivity contribution is -0.384. The van der Waals surface area contributed by atoms with Crippen LogP contribution < -0.4 is 5.32 Å². The second kappa shape index (κ2) is 5.46. The Labute approximate surface area is 97.6 Å². The van der Waals surface area contributed by atoms with Gasteiger partial charge < -0.3 is 5.32 Å². The highest BCUT2D eigenvalue weighted by Gasteiger charge is 2.10. The summed E-state index contributed by atoms with van der Waals surface area (Å²) >= 11 is 5.55. The Hall–Kier alpha value is -1.62. The minimum Gasteiger partial charge on any atom is -0.348 e. The minimum absolute atomic E-state index is 0.0399. The number of rotatable bonds is 4. The number of hydrogen-bond donors (Lipinski definition) is 1. The Morgan fingerprint density at radius 1 is 1.50 bits per heavy atom. The molecule has 0 saturated heterocycles. The Morgan fingerprint density at radius 2 is 2.06 bits per heavy atom. The second-order valence-electron chi connectivity index (χ2n) is 3.33. The summed E-state index contributed by atoms with van der Waals surface area (Å²) in [7, 11) is 0. The number of nitrogens with zero attached hydrogens (tertiary/aromatic N) is 1. The van der Waals surface area contributed by atoms with E-state index in [1.165, 1.54) is 24.3 Å².